The molecule has 21 heavy (non-hydrogen) atoms. The summed E-state index contributed by atoms with van der Waals surface area (Å²) in [6, 6.07) is 10.2. The molecular formula is C19H24O2. The van der Waals surface area contributed by atoms with Gasteiger partial charge in [-0.2, -0.15) is 0 Å². The topological polar surface area (TPSA) is 29.5 Å². The Bertz CT molecular complexity index is 621. The molecule has 0 spiro atoms. The summed E-state index contributed by atoms with van der Waals surface area (Å²) in [5.74, 6) is 0.878. The molecule has 0 bridgehead atoms. The normalized spacial score (nSPS) is 12.3. The fraction of sp³-hybridized carbons (Fsp3) is 0.368. The predicted molar refractivity (Wildman–Crippen MR) is 87.0 cm³/mol. The number of hydrogen-bond donors (Lipinski definition) is 1. The molecular weight excluding hydrogens is 260 g/mol. The van der Waals surface area contributed by atoms with Crippen LogP contribution in [-0.4, -0.2) is 11.7 Å². The first-order chi connectivity index (χ1) is 9.88. The van der Waals surface area contributed by atoms with E-state index >= 15 is 0 Å². The van der Waals surface area contributed by atoms with Gasteiger partial charge < -0.3 is 9.84 Å². The van der Waals surface area contributed by atoms with Crippen molar-refractivity contribution in [2.24, 2.45) is 0 Å². The van der Waals surface area contributed by atoms with E-state index in [1.165, 1.54) is 16.7 Å². The van der Waals surface area contributed by atoms with Crippen molar-refractivity contribution >= 4 is 0 Å². The molecule has 0 aliphatic carbocycles. The van der Waals surface area contributed by atoms with Gasteiger partial charge in [-0.25, -0.2) is 0 Å². The van der Waals surface area contributed by atoms with E-state index in [2.05, 4.69) is 32.9 Å². The molecule has 2 aromatic rings. The molecule has 1 N–H and O–H groups in total. The van der Waals surface area contributed by atoms with Crippen LogP contribution in [0.5, 0.6) is 5.75 Å². The fourth-order valence-corrected chi connectivity index (χ4v) is 2.62. The molecule has 2 nitrogen and oxygen atoms in total. The van der Waals surface area contributed by atoms with Gasteiger partial charge in [0.2, 0.25) is 0 Å². The molecule has 0 heterocycles. The average molecular weight is 284 g/mol. The summed E-state index contributed by atoms with van der Waals surface area (Å²) in [6.07, 6.45) is -0.607. The quantitative estimate of drug-likeness (QED) is 0.905. The Morgan fingerprint density at radius 1 is 0.857 bits per heavy atom. The van der Waals surface area contributed by atoms with Gasteiger partial charge in [0, 0.05) is 0 Å². The summed E-state index contributed by atoms with van der Waals surface area (Å²) in [7, 11) is 0. The lowest BCUT2D eigenvalue weighted by molar-refractivity contribution is 0.107. The van der Waals surface area contributed by atoms with Gasteiger partial charge in [0.15, 0.2) is 0 Å². The highest BCUT2D eigenvalue weighted by molar-refractivity contribution is 5.43. The maximum absolute atomic E-state index is 10.3. The third-order valence-corrected chi connectivity index (χ3v) is 3.91. The number of rotatable bonds is 4. The Kier molecular flexibility index (Phi) is 4.69. The molecule has 2 rings (SSSR count). The lowest BCUT2D eigenvalue weighted by Gasteiger charge is -2.17. The standard InChI is InChI=1S/C19H24O2/c1-12-8-15(4)19(16(5)9-12)21-11-18(20)17-7-6-13(2)14(3)10-17/h6-10,18,20H,11H2,1-5H3. The molecule has 0 amide bonds. The zero-order chi connectivity index (χ0) is 15.6. The van der Waals surface area contributed by atoms with Crippen LogP contribution in [0.15, 0.2) is 30.3 Å². The van der Waals surface area contributed by atoms with Gasteiger partial charge in [-0.05, 0) is 62.4 Å². The van der Waals surface area contributed by atoms with E-state index in [0.29, 0.717) is 0 Å². The minimum absolute atomic E-state index is 0.271. The number of ether oxygens (including phenoxy) is 1. The number of aryl methyl sites for hydroxylation is 5. The van der Waals surface area contributed by atoms with Crippen molar-refractivity contribution in [2.45, 2.75) is 40.7 Å². The van der Waals surface area contributed by atoms with Gasteiger partial charge in [-0.3, -0.25) is 0 Å². The lowest BCUT2D eigenvalue weighted by atomic mass is 10.0. The molecule has 2 heteroatoms. The minimum atomic E-state index is -0.607. The highest BCUT2D eigenvalue weighted by atomic mass is 16.5. The van der Waals surface area contributed by atoms with Crippen LogP contribution in [-0.2, 0) is 0 Å². The fourth-order valence-electron chi connectivity index (χ4n) is 2.62. The first-order valence-corrected chi connectivity index (χ1v) is 7.34. The molecule has 0 saturated heterocycles. The Hall–Kier alpha value is -1.80. The number of benzene rings is 2. The smallest absolute Gasteiger partial charge is 0.125 e. The van der Waals surface area contributed by atoms with Crippen LogP contribution in [0.4, 0.5) is 0 Å². The number of aliphatic hydroxyl groups excluding tert-OH is 1. The molecule has 1 atom stereocenters. The Morgan fingerprint density at radius 2 is 1.48 bits per heavy atom. The van der Waals surface area contributed by atoms with E-state index < -0.39 is 6.10 Å². The highest BCUT2D eigenvalue weighted by Gasteiger charge is 2.12. The van der Waals surface area contributed by atoms with Gasteiger partial charge in [0.25, 0.3) is 0 Å². The van der Waals surface area contributed by atoms with Crippen molar-refractivity contribution < 1.29 is 9.84 Å². The summed E-state index contributed by atoms with van der Waals surface area (Å²) >= 11 is 0. The van der Waals surface area contributed by atoms with Crippen molar-refractivity contribution in [1.82, 2.24) is 0 Å². The molecule has 1 unspecified atom stereocenters. The minimum Gasteiger partial charge on any atom is -0.490 e. The summed E-state index contributed by atoms with van der Waals surface area (Å²) in [6.45, 7) is 10.6. The van der Waals surface area contributed by atoms with Crippen molar-refractivity contribution in [1.29, 1.82) is 0 Å². The Morgan fingerprint density at radius 3 is 2.05 bits per heavy atom. The van der Waals surface area contributed by atoms with Crippen LogP contribution in [0, 0.1) is 34.6 Å². The second-order valence-corrected chi connectivity index (χ2v) is 5.90. The van der Waals surface area contributed by atoms with Crippen molar-refractivity contribution in [2.75, 3.05) is 6.61 Å². The molecule has 0 radical (unpaired) electrons. The van der Waals surface area contributed by atoms with Crippen LogP contribution in [0.3, 0.4) is 0 Å². The van der Waals surface area contributed by atoms with Crippen molar-refractivity contribution in [3.63, 3.8) is 0 Å². The zero-order valence-electron chi connectivity index (χ0n) is 13.5. The third kappa shape index (κ3) is 3.64. The van der Waals surface area contributed by atoms with Crippen LogP contribution < -0.4 is 4.74 Å². The highest BCUT2D eigenvalue weighted by Crippen LogP contribution is 2.26. The van der Waals surface area contributed by atoms with Gasteiger partial charge in [-0.1, -0.05) is 35.9 Å². The monoisotopic (exact) mass is 284 g/mol. The largest absolute Gasteiger partial charge is 0.490 e. The van der Waals surface area contributed by atoms with Crippen LogP contribution in [0.25, 0.3) is 0 Å². The summed E-state index contributed by atoms with van der Waals surface area (Å²) in [5.41, 5.74) is 6.78. The van der Waals surface area contributed by atoms with Crippen molar-refractivity contribution in [3.05, 3.63) is 63.7 Å². The van der Waals surface area contributed by atoms with E-state index in [-0.39, 0.29) is 6.61 Å². The van der Waals surface area contributed by atoms with E-state index in [4.69, 9.17) is 4.74 Å². The lowest BCUT2D eigenvalue weighted by Crippen LogP contribution is -2.11. The summed E-state index contributed by atoms with van der Waals surface area (Å²) in [4.78, 5) is 0. The predicted octanol–water partition coefficient (Wildman–Crippen LogP) is 4.34. The Balaban J connectivity index is 2.11. The van der Waals surface area contributed by atoms with Crippen LogP contribution >= 0.6 is 0 Å². The molecule has 0 saturated carbocycles. The van der Waals surface area contributed by atoms with E-state index in [0.717, 1.165) is 22.4 Å². The first-order valence-electron chi connectivity index (χ1n) is 7.34. The Labute approximate surface area is 127 Å². The second kappa shape index (κ2) is 6.31. The van der Waals surface area contributed by atoms with E-state index in [1.54, 1.807) is 0 Å². The maximum atomic E-state index is 10.3. The SMILES string of the molecule is Cc1cc(C)c(OCC(O)c2ccc(C)c(C)c2)c(C)c1. The van der Waals surface area contributed by atoms with Gasteiger partial charge >= 0.3 is 0 Å². The van der Waals surface area contributed by atoms with Crippen LogP contribution in [0.2, 0.25) is 0 Å². The zero-order valence-corrected chi connectivity index (χ0v) is 13.5. The first kappa shape index (κ1) is 15.6. The molecule has 112 valence electrons. The number of aliphatic hydroxyl groups is 1. The molecule has 0 fully saturated rings. The van der Waals surface area contributed by atoms with E-state index in [1.807, 2.05) is 32.0 Å². The van der Waals surface area contributed by atoms with E-state index in [9.17, 15) is 5.11 Å². The summed E-state index contributed by atoms with van der Waals surface area (Å²) < 4.78 is 5.86. The van der Waals surface area contributed by atoms with Crippen LogP contribution in [0.1, 0.15) is 39.5 Å². The average Bonchev–Trinajstić information content (AvgIpc) is 2.40. The van der Waals surface area contributed by atoms with Gasteiger partial charge in [-0.15, -0.1) is 0 Å². The molecule has 0 aromatic heterocycles. The third-order valence-electron chi connectivity index (χ3n) is 3.91. The van der Waals surface area contributed by atoms with Gasteiger partial charge in [0.1, 0.15) is 18.5 Å². The second-order valence-electron chi connectivity index (χ2n) is 5.90. The number of hydrogen-bond acceptors (Lipinski definition) is 2. The molecule has 0 aliphatic rings. The molecule has 0 aliphatic heterocycles. The maximum Gasteiger partial charge on any atom is 0.125 e. The van der Waals surface area contributed by atoms with Crippen molar-refractivity contribution in [3.8, 4) is 5.75 Å². The molecule has 2 aromatic carbocycles. The van der Waals surface area contributed by atoms with Gasteiger partial charge in [0.05, 0.1) is 0 Å². The summed E-state index contributed by atoms with van der Waals surface area (Å²) in [5, 5.41) is 10.3.